The number of amides is 1. The van der Waals surface area contributed by atoms with Crippen LogP contribution in [0.4, 0.5) is 8.78 Å². The van der Waals surface area contributed by atoms with Gasteiger partial charge in [0.1, 0.15) is 0 Å². The van der Waals surface area contributed by atoms with Gasteiger partial charge in [0.15, 0.2) is 11.6 Å². The maximum atomic E-state index is 13.4. The molecule has 29 heavy (non-hydrogen) atoms. The highest BCUT2D eigenvalue weighted by Crippen LogP contribution is 2.54. The van der Waals surface area contributed by atoms with Gasteiger partial charge < -0.3 is 10.1 Å². The van der Waals surface area contributed by atoms with Gasteiger partial charge >= 0.3 is 0 Å². The van der Waals surface area contributed by atoms with Crippen LogP contribution in [0.25, 0.3) is 0 Å². The second-order valence-electron chi connectivity index (χ2n) is 8.52. The summed E-state index contributed by atoms with van der Waals surface area (Å²) in [5.41, 5.74) is 1.33. The van der Waals surface area contributed by atoms with E-state index in [1.54, 1.807) is 0 Å². The predicted molar refractivity (Wildman–Crippen MR) is 104 cm³/mol. The van der Waals surface area contributed by atoms with Crippen molar-refractivity contribution in [1.82, 2.24) is 10.2 Å². The van der Waals surface area contributed by atoms with Crippen molar-refractivity contribution >= 4 is 5.91 Å². The first kappa shape index (κ1) is 18.7. The average molecular weight is 398 g/mol. The van der Waals surface area contributed by atoms with Gasteiger partial charge in [-0.1, -0.05) is 30.3 Å². The minimum atomic E-state index is -1.01. The van der Waals surface area contributed by atoms with E-state index in [2.05, 4.69) is 34.5 Å². The number of fused-ring (bicyclic) bond motifs is 1. The molecule has 3 heterocycles. The van der Waals surface area contributed by atoms with Gasteiger partial charge in [0.25, 0.3) is 5.91 Å². The molecule has 1 N–H and O–H groups in total. The van der Waals surface area contributed by atoms with E-state index in [0.29, 0.717) is 12.5 Å². The maximum absolute atomic E-state index is 13.4. The summed E-state index contributed by atoms with van der Waals surface area (Å²) in [6, 6.07) is 13.7. The topological polar surface area (TPSA) is 41.6 Å². The van der Waals surface area contributed by atoms with E-state index in [4.69, 9.17) is 4.74 Å². The fourth-order valence-corrected chi connectivity index (χ4v) is 5.47. The molecule has 152 valence electrons. The normalized spacial score (nSPS) is 30.5. The highest BCUT2D eigenvalue weighted by Gasteiger charge is 2.62. The second kappa shape index (κ2) is 7.18. The third-order valence-corrected chi connectivity index (χ3v) is 6.78. The van der Waals surface area contributed by atoms with Gasteiger partial charge in [0.2, 0.25) is 0 Å². The molecule has 0 aromatic heterocycles. The van der Waals surface area contributed by atoms with Gasteiger partial charge in [-0.3, -0.25) is 9.69 Å². The van der Waals surface area contributed by atoms with E-state index in [1.807, 2.05) is 6.07 Å². The zero-order valence-electron chi connectivity index (χ0n) is 16.1. The number of hydrogen-bond donors (Lipinski definition) is 1. The maximum Gasteiger partial charge on any atom is 0.251 e. The van der Waals surface area contributed by atoms with Crippen LogP contribution in [0, 0.1) is 23.5 Å². The molecular formula is C23H24F2N2O2. The number of likely N-dealkylation sites (tertiary alicyclic amines) is 1. The van der Waals surface area contributed by atoms with Crippen LogP contribution < -0.4 is 5.32 Å². The molecule has 3 aliphatic heterocycles. The van der Waals surface area contributed by atoms with Crippen LogP contribution in [-0.2, 0) is 11.3 Å². The molecule has 4 nitrogen and oxygen atoms in total. The number of rotatable bonds is 5. The molecule has 0 unspecified atom stereocenters. The highest BCUT2D eigenvalue weighted by atomic mass is 19.2. The number of nitrogens with one attached hydrogen (secondary N) is 1. The van der Waals surface area contributed by atoms with Crippen molar-refractivity contribution < 1.29 is 18.3 Å². The molecule has 1 spiro atoms. The summed E-state index contributed by atoms with van der Waals surface area (Å²) < 4.78 is 33.0. The fraction of sp³-hybridized carbons (Fsp3) is 0.435. The lowest BCUT2D eigenvalue weighted by atomic mass is 9.73. The first-order valence-electron chi connectivity index (χ1n) is 10.2. The third-order valence-electron chi connectivity index (χ3n) is 6.78. The molecule has 3 saturated heterocycles. The lowest BCUT2D eigenvalue weighted by Gasteiger charge is -2.29. The summed E-state index contributed by atoms with van der Waals surface area (Å²) >= 11 is 0. The summed E-state index contributed by atoms with van der Waals surface area (Å²) in [4.78, 5) is 14.9. The molecule has 2 aromatic rings. The van der Waals surface area contributed by atoms with Crippen LogP contribution in [0.3, 0.4) is 0 Å². The molecule has 0 saturated carbocycles. The van der Waals surface area contributed by atoms with Crippen LogP contribution in [0.5, 0.6) is 0 Å². The smallest absolute Gasteiger partial charge is 0.251 e. The minimum absolute atomic E-state index is 0.100. The van der Waals surface area contributed by atoms with Gasteiger partial charge in [-0.25, -0.2) is 8.78 Å². The predicted octanol–water partition coefficient (Wildman–Crippen LogP) is 3.37. The summed E-state index contributed by atoms with van der Waals surface area (Å²) in [7, 11) is 0. The van der Waals surface area contributed by atoms with E-state index in [9.17, 15) is 13.6 Å². The van der Waals surface area contributed by atoms with Crippen molar-refractivity contribution in [3.63, 3.8) is 0 Å². The number of halogens is 2. The monoisotopic (exact) mass is 398 g/mol. The Hall–Kier alpha value is -2.31. The summed E-state index contributed by atoms with van der Waals surface area (Å²) in [5, 5.41) is 2.92. The lowest BCUT2D eigenvalue weighted by Crippen LogP contribution is -2.41. The first-order chi connectivity index (χ1) is 14.0. The molecule has 5 rings (SSSR count). The van der Waals surface area contributed by atoms with Crippen LogP contribution in [0.15, 0.2) is 48.5 Å². The van der Waals surface area contributed by atoms with Gasteiger partial charge in [0.05, 0.1) is 11.7 Å². The first-order valence-corrected chi connectivity index (χ1v) is 10.2. The molecule has 4 atom stereocenters. The fourth-order valence-electron chi connectivity index (χ4n) is 5.47. The summed E-state index contributed by atoms with van der Waals surface area (Å²) in [6.07, 6.45) is 2.26. The van der Waals surface area contributed by atoms with Crippen molar-refractivity contribution in [1.29, 1.82) is 0 Å². The van der Waals surface area contributed by atoms with E-state index in [0.717, 1.165) is 44.6 Å². The van der Waals surface area contributed by atoms with Crippen LogP contribution in [0.2, 0.25) is 0 Å². The molecule has 3 fully saturated rings. The Bertz CT molecular complexity index is 922. The SMILES string of the molecule is O=C(NC[C@H]1[C@H]2CN(Cc3ccccc3)C[C@]23CC[C@H]1O3)c1ccc(F)c(F)c1. The van der Waals surface area contributed by atoms with Crippen LogP contribution in [-0.4, -0.2) is 42.1 Å². The molecule has 6 heteroatoms. The Kier molecular flexibility index (Phi) is 4.63. The second-order valence-corrected chi connectivity index (χ2v) is 8.52. The number of benzene rings is 2. The van der Waals surface area contributed by atoms with Gasteiger partial charge in [-0.15, -0.1) is 0 Å². The Balaban J connectivity index is 1.24. The average Bonchev–Trinajstić information content (AvgIpc) is 3.37. The van der Waals surface area contributed by atoms with Crippen molar-refractivity contribution in [2.24, 2.45) is 11.8 Å². The summed E-state index contributed by atoms with van der Waals surface area (Å²) in [6.45, 7) is 3.28. The molecule has 2 aromatic carbocycles. The van der Waals surface area contributed by atoms with Crippen LogP contribution >= 0.6 is 0 Å². The Morgan fingerprint density at radius 1 is 1.17 bits per heavy atom. The lowest BCUT2D eigenvalue weighted by molar-refractivity contribution is 0.00212. The van der Waals surface area contributed by atoms with Gasteiger partial charge in [-0.2, -0.15) is 0 Å². The number of hydrogen-bond acceptors (Lipinski definition) is 3. The van der Waals surface area contributed by atoms with E-state index >= 15 is 0 Å². The quantitative estimate of drug-likeness (QED) is 0.840. The van der Waals surface area contributed by atoms with Gasteiger partial charge in [-0.05, 0) is 36.6 Å². The number of ether oxygens (including phenoxy) is 1. The zero-order chi connectivity index (χ0) is 20.0. The standard InChI is InChI=1S/C23H24F2N2O2/c24-19-7-6-16(10-20(19)25)22(28)26-11-17-18-13-27(12-15-4-2-1-3-5-15)14-23(18)9-8-21(17)29-23/h1-7,10,17-18,21H,8-9,11-14H2,(H,26,28)/t17-,18+,21+,23+/m0/s1. The number of nitrogens with zero attached hydrogens (tertiary/aromatic N) is 1. The molecule has 1 amide bonds. The highest BCUT2D eigenvalue weighted by molar-refractivity contribution is 5.94. The zero-order valence-corrected chi connectivity index (χ0v) is 16.1. The molecule has 0 aliphatic carbocycles. The number of carbonyl (C=O) groups is 1. The Morgan fingerprint density at radius 2 is 2.00 bits per heavy atom. The largest absolute Gasteiger partial charge is 0.370 e. The number of carbonyl (C=O) groups excluding carboxylic acids is 1. The van der Waals surface area contributed by atoms with Crippen molar-refractivity contribution in [2.75, 3.05) is 19.6 Å². The molecule has 0 radical (unpaired) electrons. The Labute approximate surface area is 168 Å². The van der Waals surface area contributed by atoms with Crippen molar-refractivity contribution in [3.05, 3.63) is 71.3 Å². The van der Waals surface area contributed by atoms with E-state index in [1.165, 1.54) is 11.6 Å². The molecule has 3 aliphatic rings. The van der Waals surface area contributed by atoms with E-state index < -0.39 is 11.6 Å². The van der Waals surface area contributed by atoms with Crippen molar-refractivity contribution in [3.8, 4) is 0 Å². The summed E-state index contributed by atoms with van der Waals surface area (Å²) in [5.74, 6) is -1.70. The van der Waals surface area contributed by atoms with Gasteiger partial charge in [0, 0.05) is 43.6 Å². The van der Waals surface area contributed by atoms with Crippen molar-refractivity contribution in [2.45, 2.75) is 31.1 Å². The van der Waals surface area contributed by atoms with E-state index in [-0.39, 0.29) is 29.1 Å². The minimum Gasteiger partial charge on any atom is -0.370 e. The third kappa shape index (κ3) is 3.34. The van der Waals surface area contributed by atoms with Crippen LogP contribution in [0.1, 0.15) is 28.8 Å². The molecular weight excluding hydrogens is 374 g/mol. The molecule has 2 bridgehead atoms. The Morgan fingerprint density at radius 3 is 2.79 bits per heavy atom.